The third-order valence-electron chi connectivity index (χ3n) is 4.36. The zero-order valence-corrected chi connectivity index (χ0v) is 13.7. The maximum Gasteiger partial charge on any atom is 0.417 e. The van der Waals surface area contributed by atoms with Crippen molar-refractivity contribution in [2.45, 2.75) is 12.9 Å². The predicted octanol–water partition coefficient (Wildman–Crippen LogP) is 7.21. The first-order valence-corrected chi connectivity index (χ1v) is 8.53. The molecule has 0 atom stereocenters. The van der Waals surface area contributed by atoms with Crippen molar-refractivity contribution in [3.8, 4) is 10.4 Å². The predicted molar refractivity (Wildman–Crippen MR) is 94.6 cm³/mol. The molecule has 1 heterocycles. The number of benzene rings is 3. The second kappa shape index (κ2) is 5.85. The topological polar surface area (TPSA) is 0 Å². The van der Waals surface area contributed by atoms with Crippen LogP contribution in [0.25, 0.3) is 32.0 Å². The third-order valence-corrected chi connectivity index (χ3v) is 5.28. The zero-order valence-electron chi connectivity index (χ0n) is 12.9. The molecular weight excluding hydrogens is 348 g/mol. The van der Waals surface area contributed by atoms with Crippen LogP contribution in [0.1, 0.15) is 11.1 Å². The fraction of sp³-hybridized carbons (Fsp3) is 0.100. The minimum absolute atomic E-state index is 0.0403. The molecule has 4 rings (SSSR count). The molecule has 0 unspecified atom stereocenters. The van der Waals surface area contributed by atoms with Crippen LogP contribution in [0.4, 0.5) is 17.6 Å². The van der Waals surface area contributed by atoms with Crippen LogP contribution in [0.15, 0.2) is 60.0 Å². The monoisotopic (exact) mass is 360 g/mol. The molecule has 0 amide bonds. The van der Waals surface area contributed by atoms with Gasteiger partial charge in [-0.05, 0) is 50.2 Å². The normalized spacial score (nSPS) is 12.2. The SMILES string of the molecule is FCc1c2ccccc2c(C(F)(F)F)c2cc(-c3cccs3)ccc12. The van der Waals surface area contributed by atoms with Crippen molar-refractivity contribution < 1.29 is 17.6 Å². The molecular formula is C20H12F4S. The molecule has 4 aromatic rings. The lowest BCUT2D eigenvalue weighted by Gasteiger charge is -2.18. The Bertz CT molecular complexity index is 1060. The summed E-state index contributed by atoms with van der Waals surface area (Å²) in [7, 11) is 0. The Kier molecular flexibility index (Phi) is 3.76. The summed E-state index contributed by atoms with van der Waals surface area (Å²) >= 11 is 1.46. The Morgan fingerprint density at radius 1 is 0.800 bits per heavy atom. The van der Waals surface area contributed by atoms with Crippen LogP contribution in [0.2, 0.25) is 0 Å². The van der Waals surface area contributed by atoms with E-state index in [9.17, 15) is 17.6 Å². The molecule has 0 aliphatic carbocycles. The zero-order chi connectivity index (χ0) is 17.6. The summed E-state index contributed by atoms with van der Waals surface area (Å²) in [5.41, 5.74) is 0.304. The highest BCUT2D eigenvalue weighted by molar-refractivity contribution is 7.13. The van der Waals surface area contributed by atoms with Crippen molar-refractivity contribution in [1.29, 1.82) is 0 Å². The standard InChI is InChI=1S/C20H12F4S/c21-11-17-13-4-1-2-5-15(13)19(20(22,23)24)16-10-12(7-8-14(16)17)18-6-3-9-25-18/h1-10H,11H2. The number of alkyl halides is 4. The molecule has 0 aliphatic rings. The van der Waals surface area contributed by atoms with Gasteiger partial charge in [0.1, 0.15) is 6.67 Å². The number of thiophene rings is 1. The van der Waals surface area contributed by atoms with Crippen molar-refractivity contribution in [2.24, 2.45) is 0 Å². The van der Waals surface area contributed by atoms with E-state index in [0.717, 1.165) is 4.88 Å². The van der Waals surface area contributed by atoms with E-state index in [4.69, 9.17) is 0 Å². The van der Waals surface area contributed by atoms with Crippen LogP contribution in [0.5, 0.6) is 0 Å². The average molecular weight is 360 g/mol. The number of halogens is 4. The second-order valence-corrected chi connectivity index (χ2v) is 6.72. The highest BCUT2D eigenvalue weighted by Crippen LogP contribution is 2.43. The fourth-order valence-electron chi connectivity index (χ4n) is 3.31. The molecule has 0 fully saturated rings. The third kappa shape index (κ3) is 2.59. The van der Waals surface area contributed by atoms with E-state index in [1.807, 2.05) is 17.5 Å². The molecule has 0 N–H and O–H groups in total. The summed E-state index contributed by atoms with van der Waals surface area (Å²) in [6.07, 6.45) is -4.53. The summed E-state index contributed by atoms with van der Waals surface area (Å²) < 4.78 is 55.3. The molecule has 126 valence electrons. The van der Waals surface area contributed by atoms with Crippen molar-refractivity contribution >= 4 is 32.9 Å². The van der Waals surface area contributed by atoms with Crippen LogP contribution in [-0.4, -0.2) is 0 Å². The molecule has 0 spiro atoms. The fourth-order valence-corrected chi connectivity index (χ4v) is 4.04. The molecule has 5 heteroatoms. The van der Waals surface area contributed by atoms with Crippen molar-refractivity contribution in [3.05, 3.63) is 71.1 Å². The summed E-state index contributed by atoms with van der Waals surface area (Å²) in [5, 5.41) is 2.59. The van der Waals surface area contributed by atoms with E-state index in [2.05, 4.69) is 0 Å². The van der Waals surface area contributed by atoms with E-state index in [0.29, 0.717) is 21.9 Å². The van der Waals surface area contributed by atoms with Gasteiger partial charge in [0.25, 0.3) is 0 Å². The van der Waals surface area contributed by atoms with Crippen LogP contribution >= 0.6 is 11.3 Å². The van der Waals surface area contributed by atoms with Gasteiger partial charge in [-0.2, -0.15) is 13.2 Å². The molecule has 0 radical (unpaired) electrons. The molecule has 3 aromatic carbocycles. The van der Waals surface area contributed by atoms with Crippen molar-refractivity contribution in [1.82, 2.24) is 0 Å². The van der Waals surface area contributed by atoms with Crippen LogP contribution in [-0.2, 0) is 12.9 Å². The van der Waals surface area contributed by atoms with Gasteiger partial charge in [-0.3, -0.25) is 0 Å². The van der Waals surface area contributed by atoms with Gasteiger partial charge in [0.2, 0.25) is 0 Å². The van der Waals surface area contributed by atoms with Gasteiger partial charge < -0.3 is 0 Å². The summed E-state index contributed by atoms with van der Waals surface area (Å²) in [5.74, 6) is 0. The van der Waals surface area contributed by atoms with Crippen molar-refractivity contribution in [3.63, 3.8) is 0 Å². The minimum Gasteiger partial charge on any atom is -0.246 e. The summed E-state index contributed by atoms with van der Waals surface area (Å²) in [6.45, 7) is -0.812. The van der Waals surface area contributed by atoms with E-state index >= 15 is 0 Å². The lowest BCUT2D eigenvalue weighted by atomic mass is 9.90. The smallest absolute Gasteiger partial charge is 0.246 e. The van der Waals surface area contributed by atoms with Gasteiger partial charge in [0.15, 0.2) is 0 Å². The lowest BCUT2D eigenvalue weighted by Crippen LogP contribution is -2.08. The first kappa shape index (κ1) is 16.1. The Labute approximate surface area is 145 Å². The Balaban J connectivity index is 2.19. The molecule has 0 bridgehead atoms. The average Bonchev–Trinajstić information content (AvgIpc) is 3.12. The van der Waals surface area contributed by atoms with Crippen LogP contribution < -0.4 is 0 Å². The van der Waals surface area contributed by atoms with Gasteiger partial charge in [0.05, 0.1) is 5.56 Å². The van der Waals surface area contributed by atoms with Gasteiger partial charge in [-0.15, -0.1) is 11.3 Å². The number of hydrogen-bond donors (Lipinski definition) is 0. The number of fused-ring (bicyclic) bond motifs is 2. The minimum atomic E-state index is -4.53. The van der Waals surface area contributed by atoms with E-state index in [-0.39, 0.29) is 10.8 Å². The van der Waals surface area contributed by atoms with Gasteiger partial charge in [0, 0.05) is 4.88 Å². The number of rotatable bonds is 2. The van der Waals surface area contributed by atoms with Gasteiger partial charge in [-0.25, -0.2) is 4.39 Å². The Hall–Kier alpha value is -2.40. The molecule has 0 aliphatic heterocycles. The Morgan fingerprint density at radius 2 is 1.52 bits per heavy atom. The first-order chi connectivity index (χ1) is 12.0. The largest absolute Gasteiger partial charge is 0.417 e. The molecule has 1 aromatic heterocycles. The van der Waals surface area contributed by atoms with Gasteiger partial charge >= 0.3 is 6.18 Å². The van der Waals surface area contributed by atoms with Gasteiger partial charge in [-0.1, -0.05) is 42.5 Å². The summed E-state index contributed by atoms with van der Waals surface area (Å²) in [4.78, 5) is 0.880. The Morgan fingerprint density at radius 3 is 2.16 bits per heavy atom. The lowest BCUT2D eigenvalue weighted by molar-refractivity contribution is -0.135. The van der Waals surface area contributed by atoms with Crippen molar-refractivity contribution in [2.75, 3.05) is 0 Å². The van der Waals surface area contributed by atoms with E-state index in [1.54, 1.807) is 30.3 Å². The van der Waals surface area contributed by atoms with Crippen LogP contribution in [0, 0.1) is 0 Å². The highest BCUT2D eigenvalue weighted by atomic mass is 32.1. The quantitative estimate of drug-likeness (QED) is 0.262. The molecule has 0 saturated carbocycles. The van der Waals surface area contributed by atoms with E-state index < -0.39 is 18.4 Å². The molecule has 0 nitrogen and oxygen atoms in total. The summed E-state index contributed by atoms with van der Waals surface area (Å²) in [6, 6.07) is 14.7. The maximum atomic E-state index is 13.9. The molecule has 0 saturated heterocycles. The van der Waals surface area contributed by atoms with Crippen LogP contribution in [0.3, 0.4) is 0 Å². The maximum absolute atomic E-state index is 13.9. The highest BCUT2D eigenvalue weighted by Gasteiger charge is 2.35. The second-order valence-electron chi connectivity index (χ2n) is 5.77. The molecule has 25 heavy (non-hydrogen) atoms. The van der Waals surface area contributed by atoms with E-state index in [1.165, 1.54) is 23.5 Å². The first-order valence-electron chi connectivity index (χ1n) is 7.65. The number of hydrogen-bond acceptors (Lipinski definition) is 1.